The van der Waals surface area contributed by atoms with Crippen molar-refractivity contribution in [2.24, 2.45) is 0 Å². The van der Waals surface area contributed by atoms with Crippen LogP contribution < -0.4 is 10.6 Å². The highest BCUT2D eigenvalue weighted by atomic mass is 19.2. The second-order valence-electron chi connectivity index (χ2n) is 5.52. The van der Waals surface area contributed by atoms with Crippen LogP contribution in [0.4, 0.5) is 26.1 Å². The van der Waals surface area contributed by atoms with Crippen LogP contribution in [-0.4, -0.2) is 15.9 Å². The van der Waals surface area contributed by atoms with Gasteiger partial charge in [-0.05, 0) is 42.3 Å². The maximum atomic E-state index is 13.3. The van der Waals surface area contributed by atoms with Crippen molar-refractivity contribution in [3.05, 3.63) is 77.6 Å². The van der Waals surface area contributed by atoms with Crippen LogP contribution in [-0.2, 0) is 6.42 Å². The molecule has 0 atom stereocenters. The summed E-state index contributed by atoms with van der Waals surface area (Å²) in [5, 5.41) is 5.49. The Morgan fingerprint density at radius 2 is 1.73 bits per heavy atom. The van der Waals surface area contributed by atoms with Crippen LogP contribution >= 0.6 is 0 Å². The van der Waals surface area contributed by atoms with Crippen molar-refractivity contribution in [3.8, 4) is 0 Å². The van der Waals surface area contributed by atoms with E-state index in [1.54, 1.807) is 0 Å². The number of halogens is 2. The lowest BCUT2D eigenvalue weighted by atomic mass is 10.1. The molecule has 0 bridgehead atoms. The van der Waals surface area contributed by atoms with Crippen molar-refractivity contribution in [2.75, 3.05) is 10.6 Å². The smallest absolute Gasteiger partial charge is 0.274 e. The van der Waals surface area contributed by atoms with E-state index >= 15 is 0 Å². The average Bonchev–Trinajstić information content (AvgIpc) is 2.65. The lowest BCUT2D eigenvalue weighted by Crippen LogP contribution is -2.14. The number of rotatable bonds is 5. The highest BCUT2D eigenvalue weighted by molar-refractivity contribution is 6.03. The van der Waals surface area contributed by atoms with Crippen molar-refractivity contribution in [1.82, 2.24) is 9.97 Å². The Bertz CT molecular complexity index is 929. The van der Waals surface area contributed by atoms with E-state index in [0.717, 1.165) is 18.6 Å². The number of hydrogen-bond donors (Lipinski definition) is 2. The molecule has 2 aromatic carbocycles. The number of aromatic nitrogens is 2. The third kappa shape index (κ3) is 4.18. The summed E-state index contributed by atoms with van der Waals surface area (Å²) in [6.07, 6.45) is 2.32. The van der Waals surface area contributed by atoms with Gasteiger partial charge in [0.25, 0.3) is 5.91 Å². The molecule has 0 aliphatic carbocycles. The molecule has 3 aromatic rings. The Hall–Kier alpha value is -3.35. The fraction of sp³-hybridized carbons (Fsp3) is 0.105. The minimum absolute atomic E-state index is 0.102. The van der Waals surface area contributed by atoms with Gasteiger partial charge in [0.15, 0.2) is 11.6 Å². The largest absolute Gasteiger partial charge is 0.324 e. The Kier molecular flexibility index (Phi) is 5.17. The molecule has 0 spiro atoms. The molecule has 132 valence electrons. The van der Waals surface area contributed by atoms with Gasteiger partial charge in [0.05, 0.1) is 0 Å². The van der Waals surface area contributed by atoms with Gasteiger partial charge in [0, 0.05) is 23.6 Å². The Morgan fingerprint density at radius 3 is 2.42 bits per heavy atom. The van der Waals surface area contributed by atoms with Crippen LogP contribution in [0.1, 0.15) is 23.0 Å². The van der Waals surface area contributed by atoms with Gasteiger partial charge >= 0.3 is 0 Å². The third-order valence-corrected chi connectivity index (χ3v) is 3.68. The molecule has 5 nitrogen and oxygen atoms in total. The first-order valence-corrected chi connectivity index (χ1v) is 8.00. The van der Waals surface area contributed by atoms with E-state index in [1.165, 1.54) is 23.9 Å². The predicted molar refractivity (Wildman–Crippen MR) is 95.4 cm³/mol. The summed E-state index contributed by atoms with van der Waals surface area (Å²) in [6, 6.07) is 12.3. The van der Waals surface area contributed by atoms with E-state index in [1.807, 2.05) is 24.3 Å². The van der Waals surface area contributed by atoms with Crippen molar-refractivity contribution in [2.45, 2.75) is 13.3 Å². The zero-order chi connectivity index (χ0) is 18.5. The number of nitrogens with zero attached hydrogens (tertiary/aromatic N) is 2. The minimum Gasteiger partial charge on any atom is -0.324 e. The number of carbonyl (C=O) groups excluding carboxylic acids is 1. The van der Waals surface area contributed by atoms with Crippen LogP contribution in [0.2, 0.25) is 0 Å². The molecular weight excluding hydrogens is 338 g/mol. The molecule has 1 amide bonds. The number of amides is 1. The van der Waals surface area contributed by atoms with Crippen molar-refractivity contribution in [3.63, 3.8) is 0 Å². The maximum absolute atomic E-state index is 13.3. The molecule has 0 saturated heterocycles. The fourth-order valence-corrected chi connectivity index (χ4v) is 2.27. The van der Waals surface area contributed by atoms with E-state index in [-0.39, 0.29) is 17.3 Å². The Labute approximate surface area is 149 Å². The quantitative estimate of drug-likeness (QED) is 0.716. The number of nitrogens with one attached hydrogen (secondary N) is 2. The van der Waals surface area contributed by atoms with Crippen molar-refractivity contribution < 1.29 is 13.6 Å². The van der Waals surface area contributed by atoms with Crippen LogP contribution in [0, 0.1) is 11.6 Å². The average molecular weight is 354 g/mol. The summed E-state index contributed by atoms with van der Waals surface area (Å²) in [7, 11) is 0. The van der Waals surface area contributed by atoms with Gasteiger partial charge in [-0.3, -0.25) is 4.79 Å². The molecule has 1 heterocycles. The van der Waals surface area contributed by atoms with Gasteiger partial charge in [-0.1, -0.05) is 19.1 Å². The van der Waals surface area contributed by atoms with Crippen LogP contribution in [0.15, 0.2) is 54.7 Å². The molecule has 1 aromatic heterocycles. The number of anilines is 3. The summed E-state index contributed by atoms with van der Waals surface area (Å²) < 4.78 is 26.2. The second kappa shape index (κ2) is 7.69. The number of carbonyl (C=O) groups is 1. The molecule has 0 saturated carbocycles. The number of benzene rings is 2. The fourth-order valence-electron chi connectivity index (χ4n) is 2.27. The van der Waals surface area contributed by atoms with E-state index in [9.17, 15) is 13.6 Å². The van der Waals surface area contributed by atoms with Crippen molar-refractivity contribution in [1.29, 1.82) is 0 Å². The molecule has 2 N–H and O–H groups in total. The Morgan fingerprint density at radius 1 is 1.00 bits per heavy atom. The number of aryl methyl sites for hydroxylation is 1. The third-order valence-electron chi connectivity index (χ3n) is 3.68. The highest BCUT2D eigenvalue weighted by Gasteiger charge is 2.10. The lowest BCUT2D eigenvalue weighted by molar-refractivity contribution is 0.102. The maximum Gasteiger partial charge on any atom is 0.274 e. The molecular formula is C19H16F2N4O. The zero-order valence-electron chi connectivity index (χ0n) is 14.0. The van der Waals surface area contributed by atoms with Crippen molar-refractivity contribution >= 4 is 23.2 Å². The molecule has 3 rings (SSSR count). The van der Waals surface area contributed by atoms with E-state index in [4.69, 9.17) is 0 Å². The first kappa shape index (κ1) is 17.5. The monoisotopic (exact) mass is 354 g/mol. The topological polar surface area (TPSA) is 66.9 Å². The standard InChI is InChI=1S/C19H16F2N4O/c1-2-12-3-5-13(6-4-12)23-18(26)17-9-10-22-19(25-17)24-14-7-8-15(20)16(21)11-14/h3-11H,2H2,1H3,(H,23,26)(H,22,24,25). The SMILES string of the molecule is CCc1ccc(NC(=O)c2ccnc(Nc3ccc(F)c(F)c3)n2)cc1. The van der Waals surface area contributed by atoms with E-state index < -0.39 is 17.5 Å². The minimum atomic E-state index is -0.987. The highest BCUT2D eigenvalue weighted by Crippen LogP contribution is 2.17. The molecule has 0 aliphatic heterocycles. The zero-order valence-corrected chi connectivity index (χ0v) is 14.0. The first-order valence-electron chi connectivity index (χ1n) is 8.00. The molecule has 26 heavy (non-hydrogen) atoms. The number of hydrogen-bond acceptors (Lipinski definition) is 4. The second-order valence-corrected chi connectivity index (χ2v) is 5.52. The predicted octanol–water partition coefficient (Wildman–Crippen LogP) is 4.31. The summed E-state index contributed by atoms with van der Waals surface area (Å²) in [6.45, 7) is 2.05. The van der Waals surface area contributed by atoms with Gasteiger partial charge in [0.1, 0.15) is 5.69 Å². The normalized spacial score (nSPS) is 10.4. The molecule has 0 aliphatic rings. The van der Waals surface area contributed by atoms with Crippen LogP contribution in [0.25, 0.3) is 0 Å². The van der Waals surface area contributed by atoms with Crippen LogP contribution in [0.5, 0.6) is 0 Å². The summed E-state index contributed by atoms with van der Waals surface area (Å²) in [5.74, 6) is -2.23. The summed E-state index contributed by atoms with van der Waals surface area (Å²) in [4.78, 5) is 20.4. The van der Waals surface area contributed by atoms with Crippen LogP contribution in [0.3, 0.4) is 0 Å². The first-order chi connectivity index (χ1) is 12.5. The molecule has 0 fully saturated rings. The van der Waals surface area contributed by atoms with Gasteiger partial charge in [-0.2, -0.15) is 0 Å². The van der Waals surface area contributed by atoms with Gasteiger partial charge in [0.2, 0.25) is 5.95 Å². The van der Waals surface area contributed by atoms with Gasteiger partial charge in [-0.25, -0.2) is 18.7 Å². The summed E-state index contributed by atoms with van der Waals surface area (Å²) in [5.41, 5.74) is 2.24. The van der Waals surface area contributed by atoms with Gasteiger partial charge in [-0.15, -0.1) is 0 Å². The Balaban J connectivity index is 1.73. The van der Waals surface area contributed by atoms with E-state index in [0.29, 0.717) is 5.69 Å². The molecule has 0 unspecified atom stereocenters. The molecule has 7 heteroatoms. The lowest BCUT2D eigenvalue weighted by Gasteiger charge is -2.08. The van der Waals surface area contributed by atoms with Gasteiger partial charge < -0.3 is 10.6 Å². The van der Waals surface area contributed by atoms with E-state index in [2.05, 4.69) is 27.5 Å². The summed E-state index contributed by atoms with van der Waals surface area (Å²) >= 11 is 0. The molecule has 0 radical (unpaired) electrons.